The number of unbranched alkanes of at least 4 members (excludes halogenated alkanes) is 1. The van der Waals surface area contributed by atoms with Crippen LogP contribution in [0.5, 0.6) is 0 Å². The fraction of sp³-hybridized carbons (Fsp3) is 0.667. The Bertz CT molecular complexity index is 335. The van der Waals surface area contributed by atoms with Crippen LogP contribution in [-0.4, -0.2) is 28.9 Å². The van der Waals surface area contributed by atoms with E-state index in [1.807, 2.05) is 23.9 Å². The Morgan fingerprint density at radius 2 is 2.06 bits per heavy atom. The highest BCUT2D eigenvalue weighted by Gasteiger charge is 1.98. The van der Waals surface area contributed by atoms with E-state index in [-0.39, 0.29) is 6.03 Å². The number of rotatable bonds is 7. The molecule has 1 aromatic rings. The van der Waals surface area contributed by atoms with Gasteiger partial charge in [0.15, 0.2) is 0 Å². The second-order valence-electron chi connectivity index (χ2n) is 4.11. The van der Waals surface area contributed by atoms with Gasteiger partial charge < -0.3 is 10.6 Å². The molecular formula is C12H22N4O. The van der Waals surface area contributed by atoms with Gasteiger partial charge in [0, 0.05) is 25.8 Å². The minimum atomic E-state index is -0.0740. The first-order valence-electron chi connectivity index (χ1n) is 6.24. The average molecular weight is 238 g/mol. The van der Waals surface area contributed by atoms with E-state index in [9.17, 15) is 4.79 Å². The molecule has 0 unspecified atom stereocenters. The molecule has 0 saturated heterocycles. The van der Waals surface area contributed by atoms with Gasteiger partial charge in [0.05, 0.1) is 5.69 Å². The van der Waals surface area contributed by atoms with Gasteiger partial charge in [-0.2, -0.15) is 5.10 Å². The molecule has 2 amide bonds. The molecule has 0 bridgehead atoms. The van der Waals surface area contributed by atoms with E-state index >= 15 is 0 Å². The van der Waals surface area contributed by atoms with Crippen molar-refractivity contribution in [3.05, 3.63) is 18.0 Å². The number of aromatic nitrogens is 2. The molecule has 5 nitrogen and oxygen atoms in total. The lowest BCUT2D eigenvalue weighted by molar-refractivity contribution is 0.240. The third-order valence-corrected chi connectivity index (χ3v) is 2.44. The monoisotopic (exact) mass is 238 g/mol. The number of amides is 2. The Balaban J connectivity index is 2.02. The van der Waals surface area contributed by atoms with Crippen LogP contribution >= 0.6 is 0 Å². The normalized spacial score (nSPS) is 10.2. The number of hydrogen-bond acceptors (Lipinski definition) is 2. The van der Waals surface area contributed by atoms with Gasteiger partial charge in [-0.15, -0.1) is 0 Å². The fourth-order valence-corrected chi connectivity index (χ4v) is 1.47. The zero-order valence-corrected chi connectivity index (χ0v) is 10.7. The summed E-state index contributed by atoms with van der Waals surface area (Å²) >= 11 is 0. The van der Waals surface area contributed by atoms with Crippen LogP contribution in [0.25, 0.3) is 0 Å². The summed E-state index contributed by atoms with van der Waals surface area (Å²) in [6, 6.07) is 1.90. The molecule has 0 aliphatic rings. The predicted molar refractivity (Wildman–Crippen MR) is 67.9 cm³/mol. The van der Waals surface area contributed by atoms with E-state index in [2.05, 4.69) is 22.7 Å². The number of nitrogens with one attached hydrogen (secondary N) is 2. The van der Waals surface area contributed by atoms with Crippen molar-refractivity contribution in [2.45, 2.75) is 39.7 Å². The molecule has 0 aliphatic carbocycles. The quantitative estimate of drug-likeness (QED) is 0.710. The van der Waals surface area contributed by atoms with E-state index in [1.54, 1.807) is 0 Å². The molecule has 2 N–H and O–H groups in total. The van der Waals surface area contributed by atoms with Crippen molar-refractivity contribution in [1.82, 2.24) is 20.4 Å². The van der Waals surface area contributed by atoms with Crippen molar-refractivity contribution in [2.24, 2.45) is 0 Å². The van der Waals surface area contributed by atoms with Gasteiger partial charge in [-0.1, -0.05) is 13.3 Å². The van der Waals surface area contributed by atoms with Gasteiger partial charge in [0.25, 0.3) is 0 Å². The molecule has 17 heavy (non-hydrogen) atoms. The average Bonchev–Trinajstić information content (AvgIpc) is 2.71. The molecule has 1 aromatic heterocycles. The third kappa shape index (κ3) is 5.94. The summed E-state index contributed by atoms with van der Waals surface area (Å²) in [5.74, 6) is 0. The van der Waals surface area contributed by atoms with E-state index < -0.39 is 0 Å². The predicted octanol–water partition coefficient (Wildman–Crippen LogP) is 1.68. The molecule has 0 aliphatic heterocycles. The van der Waals surface area contributed by atoms with E-state index in [0.717, 1.165) is 38.0 Å². The van der Waals surface area contributed by atoms with Crippen LogP contribution in [0.15, 0.2) is 12.3 Å². The molecule has 0 spiro atoms. The van der Waals surface area contributed by atoms with Crippen molar-refractivity contribution in [2.75, 3.05) is 13.1 Å². The highest BCUT2D eigenvalue weighted by Crippen LogP contribution is 1.93. The summed E-state index contributed by atoms with van der Waals surface area (Å²) in [7, 11) is 0. The van der Waals surface area contributed by atoms with Gasteiger partial charge in [-0.25, -0.2) is 4.79 Å². The first kappa shape index (κ1) is 13.5. The lowest BCUT2D eigenvalue weighted by Gasteiger charge is -2.07. The molecule has 0 saturated carbocycles. The molecule has 5 heteroatoms. The minimum Gasteiger partial charge on any atom is -0.338 e. The number of urea groups is 1. The lowest BCUT2D eigenvalue weighted by atomic mass is 10.3. The maximum atomic E-state index is 11.3. The van der Waals surface area contributed by atoms with Gasteiger partial charge in [0.1, 0.15) is 0 Å². The molecule has 0 radical (unpaired) electrons. The summed E-state index contributed by atoms with van der Waals surface area (Å²) in [4.78, 5) is 11.3. The second-order valence-corrected chi connectivity index (χ2v) is 4.11. The standard InChI is InChI=1S/C12H22N4O/c1-3-4-7-13-12(17)14-8-5-9-16-10-6-11(2)15-16/h6,10H,3-5,7-9H2,1-2H3,(H2,13,14,17). The Kier molecular flexibility index (Phi) is 6.14. The number of carbonyl (C=O) groups excluding carboxylic acids is 1. The van der Waals surface area contributed by atoms with Crippen LogP contribution < -0.4 is 10.6 Å². The van der Waals surface area contributed by atoms with Gasteiger partial charge in [-0.05, 0) is 25.8 Å². The molecule has 1 rings (SSSR count). The van der Waals surface area contributed by atoms with Crippen molar-refractivity contribution in [3.63, 3.8) is 0 Å². The number of aryl methyl sites for hydroxylation is 2. The zero-order valence-electron chi connectivity index (χ0n) is 10.7. The molecule has 0 aromatic carbocycles. The topological polar surface area (TPSA) is 59.0 Å². The van der Waals surface area contributed by atoms with E-state index in [4.69, 9.17) is 0 Å². The van der Waals surface area contributed by atoms with Gasteiger partial charge in [0.2, 0.25) is 0 Å². The third-order valence-electron chi connectivity index (χ3n) is 2.44. The summed E-state index contributed by atoms with van der Waals surface area (Å²) in [6.07, 6.45) is 4.97. The van der Waals surface area contributed by atoms with Crippen molar-refractivity contribution >= 4 is 6.03 Å². The first-order chi connectivity index (χ1) is 8.22. The Morgan fingerprint density at radius 3 is 2.65 bits per heavy atom. The van der Waals surface area contributed by atoms with Crippen LogP contribution in [0.4, 0.5) is 4.79 Å². The molecule has 96 valence electrons. The highest BCUT2D eigenvalue weighted by molar-refractivity contribution is 5.73. The second kappa shape index (κ2) is 7.70. The molecule has 1 heterocycles. The summed E-state index contributed by atoms with van der Waals surface area (Å²) in [5, 5.41) is 9.92. The van der Waals surface area contributed by atoms with Crippen LogP contribution in [0.3, 0.4) is 0 Å². The summed E-state index contributed by atoms with van der Waals surface area (Å²) < 4.78 is 1.89. The Morgan fingerprint density at radius 1 is 1.35 bits per heavy atom. The van der Waals surface area contributed by atoms with Crippen molar-refractivity contribution < 1.29 is 4.79 Å². The van der Waals surface area contributed by atoms with Gasteiger partial charge in [-0.3, -0.25) is 4.68 Å². The van der Waals surface area contributed by atoms with Crippen LogP contribution in [0.1, 0.15) is 31.9 Å². The largest absolute Gasteiger partial charge is 0.338 e. The van der Waals surface area contributed by atoms with Crippen molar-refractivity contribution in [3.8, 4) is 0 Å². The fourth-order valence-electron chi connectivity index (χ4n) is 1.47. The molecule has 0 atom stereocenters. The van der Waals surface area contributed by atoms with Crippen LogP contribution in [0.2, 0.25) is 0 Å². The lowest BCUT2D eigenvalue weighted by Crippen LogP contribution is -2.36. The van der Waals surface area contributed by atoms with Crippen LogP contribution in [0, 0.1) is 6.92 Å². The maximum absolute atomic E-state index is 11.3. The number of hydrogen-bond donors (Lipinski definition) is 2. The van der Waals surface area contributed by atoms with Crippen LogP contribution in [-0.2, 0) is 6.54 Å². The first-order valence-corrected chi connectivity index (χ1v) is 6.24. The van der Waals surface area contributed by atoms with Crippen molar-refractivity contribution in [1.29, 1.82) is 0 Å². The summed E-state index contributed by atoms with van der Waals surface area (Å²) in [5.41, 5.74) is 1.02. The zero-order chi connectivity index (χ0) is 12.5. The Labute approximate surface area is 103 Å². The SMILES string of the molecule is CCCCNC(=O)NCCCn1ccc(C)n1. The highest BCUT2D eigenvalue weighted by atomic mass is 16.2. The number of nitrogens with zero attached hydrogens (tertiary/aromatic N) is 2. The molecule has 0 fully saturated rings. The molecular weight excluding hydrogens is 216 g/mol. The number of carbonyl (C=O) groups is 1. The maximum Gasteiger partial charge on any atom is 0.314 e. The summed E-state index contributed by atoms with van der Waals surface area (Å²) in [6.45, 7) is 6.34. The minimum absolute atomic E-state index is 0.0740. The van der Waals surface area contributed by atoms with Gasteiger partial charge >= 0.3 is 6.03 Å². The smallest absolute Gasteiger partial charge is 0.314 e. The Hall–Kier alpha value is -1.52. The van der Waals surface area contributed by atoms with E-state index in [0.29, 0.717) is 6.54 Å². The van der Waals surface area contributed by atoms with E-state index in [1.165, 1.54) is 0 Å².